The Labute approximate surface area is 87.3 Å². The lowest BCUT2D eigenvalue weighted by atomic mass is 10.2. The molecular weight excluding hydrogens is 287 g/mol. The first-order valence-electron chi connectivity index (χ1n) is 3.40. The highest BCUT2D eigenvalue weighted by atomic mass is 127. The number of aromatic nitrogens is 1. The molecule has 1 rings (SSSR count). The number of aromatic hydroxyl groups is 1. The topological polar surface area (TPSA) is 82.2 Å². The molecule has 1 aromatic heterocycles. The number of halogens is 1. The molecule has 1 aromatic rings. The number of nitrogens with one attached hydrogen (secondary N) is 2. The molecule has 6 heteroatoms. The molecule has 0 saturated carbocycles. The Hall–Kier alpha value is -1.05. The highest BCUT2D eigenvalue weighted by Crippen LogP contribution is 2.12. The second kappa shape index (κ2) is 3.77. The first-order valence-corrected chi connectivity index (χ1v) is 4.48. The van der Waals surface area contributed by atoms with Gasteiger partial charge in [-0.25, -0.2) is 0 Å². The summed E-state index contributed by atoms with van der Waals surface area (Å²) in [7, 11) is 1.43. The Morgan fingerprint density at radius 3 is 2.85 bits per heavy atom. The molecule has 0 spiro atoms. The zero-order valence-electron chi connectivity index (χ0n) is 6.72. The highest BCUT2D eigenvalue weighted by molar-refractivity contribution is 14.1. The Kier molecular flexibility index (Phi) is 2.91. The second-order valence-electron chi connectivity index (χ2n) is 2.29. The van der Waals surface area contributed by atoms with Crippen LogP contribution < -0.4 is 10.9 Å². The number of hydrogen-bond donors (Lipinski definition) is 3. The molecule has 3 N–H and O–H groups in total. The number of hydrogen-bond acceptors (Lipinski definition) is 3. The van der Waals surface area contributed by atoms with Gasteiger partial charge in [-0.15, -0.1) is 0 Å². The molecule has 0 radical (unpaired) electrons. The third-order valence-corrected chi connectivity index (χ3v) is 2.03. The third-order valence-electron chi connectivity index (χ3n) is 1.45. The molecule has 0 aliphatic heterocycles. The van der Waals surface area contributed by atoms with Crippen molar-refractivity contribution >= 4 is 28.5 Å². The fourth-order valence-electron chi connectivity index (χ4n) is 0.829. The van der Waals surface area contributed by atoms with Crippen LogP contribution in [0.4, 0.5) is 0 Å². The average Bonchev–Trinajstić information content (AvgIpc) is 2.10. The molecule has 0 aliphatic carbocycles. The van der Waals surface area contributed by atoms with Gasteiger partial charge in [0.05, 0.1) is 9.26 Å². The summed E-state index contributed by atoms with van der Waals surface area (Å²) in [5.74, 6) is -1.04. The normalized spacial score (nSPS) is 9.69. The maximum Gasteiger partial charge on any atom is 0.291 e. The van der Waals surface area contributed by atoms with E-state index in [1.807, 2.05) is 22.6 Å². The summed E-state index contributed by atoms with van der Waals surface area (Å²) in [6.45, 7) is 0. The maximum absolute atomic E-state index is 11.1. The van der Waals surface area contributed by atoms with Crippen molar-refractivity contribution in [1.29, 1.82) is 0 Å². The minimum absolute atomic E-state index is 0.0179. The average molecular weight is 294 g/mol. The Morgan fingerprint density at radius 2 is 2.31 bits per heavy atom. The number of H-pyrrole nitrogens is 1. The Bertz CT molecular complexity index is 399. The molecule has 0 unspecified atom stereocenters. The van der Waals surface area contributed by atoms with E-state index in [-0.39, 0.29) is 5.56 Å². The third kappa shape index (κ3) is 2.00. The smallest absolute Gasteiger partial charge is 0.291 e. The number of aromatic amines is 1. The van der Waals surface area contributed by atoms with Gasteiger partial charge in [-0.05, 0) is 28.7 Å². The SMILES string of the molecule is CNC(=O)c1cc(I)[nH]c(=O)c1O. The van der Waals surface area contributed by atoms with Crippen LogP contribution in [-0.4, -0.2) is 23.0 Å². The van der Waals surface area contributed by atoms with Crippen LogP contribution >= 0.6 is 22.6 Å². The van der Waals surface area contributed by atoms with Gasteiger partial charge < -0.3 is 15.4 Å². The number of rotatable bonds is 1. The highest BCUT2D eigenvalue weighted by Gasteiger charge is 2.13. The number of pyridine rings is 1. The van der Waals surface area contributed by atoms with Gasteiger partial charge in [-0.1, -0.05) is 0 Å². The predicted octanol–water partition coefficient (Wildman–Crippen LogP) is 0.0447. The molecule has 1 heterocycles. The lowest BCUT2D eigenvalue weighted by molar-refractivity contribution is 0.0960. The summed E-state index contributed by atoms with van der Waals surface area (Å²) in [6, 6.07) is 1.40. The minimum Gasteiger partial charge on any atom is -0.502 e. The lowest BCUT2D eigenvalue weighted by Gasteiger charge is -2.02. The van der Waals surface area contributed by atoms with Crippen LogP contribution in [0.2, 0.25) is 0 Å². The number of carbonyl (C=O) groups is 1. The fraction of sp³-hybridized carbons (Fsp3) is 0.143. The Morgan fingerprint density at radius 1 is 1.69 bits per heavy atom. The van der Waals surface area contributed by atoms with Crippen LogP contribution in [0.25, 0.3) is 0 Å². The van der Waals surface area contributed by atoms with Crippen LogP contribution in [0.5, 0.6) is 5.75 Å². The molecule has 70 valence electrons. The lowest BCUT2D eigenvalue weighted by Crippen LogP contribution is -2.21. The first-order chi connectivity index (χ1) is 6.06. The molecule has 13 heavy (non-hydrogen) atoms. The van der Waals surface area contributed by atoms with Crippen molar-refractivity contribution in [1.82, 2.24) is 10.3 Å². The van der Waals surface area contributed by atoms with E-state index in [1.54, 1.807) is 0 Å². The second-order valence-corrected chi connectivity index (χ2v) is 3.45. The monoisotopic (exact) mass is 294 g/mol. The molecule has 0 aromatic carbocycles. The predicted molar refractivity (Wildman–Crippen MR) is 54.8 cm³/mol. The molecule has 5 nitrogen and oxygen atoms in total. The quantitative estimate of drug-likeness (QED) is 0.505. The van der Waals surface area contributed by atoms with Crippen molar-refractivity contribution in [3.8, 4) is 5.75 Å². The largest absolute Gasteiger partial charge is 0.502 e. The maximum atomic E-state index is 11.1. The van der Waals surface area contributed by atoms with E-state index in [1.165, 1.54) is 13.1 Å². The standard InChI is InChI=1S/C7H7IN2O3/c1-9-6(12)3-2-4(8)10-7(13)5(3)11/h2,11H,1H3,(H,9,12)(H,10,13). The van der Waals surface area contributed by atoms with Crippen molar-refractivity contribution in [2.45, 2.75) is 0 Å². The number of amides is 1. The fourth-order valence-corrected chi connectivity index (χ4v) is 1.39. The van der Waals surface area contributed by atoms with Gasteiger partial charge in [0.2, 0.25) is 0 Å². The van der Waals surface area contributed by atoms with Crippen molar-refractivity contribution in [2.75, 3.05) is 7.05 Å². The van der Waals surface area contributed by atoms with Gasteiger partial charge in [0, 0.05) is 7.05 Å². The van der Waals surface area contributed by atoms with Crippen LogP contribution in [0.15, 0.2) is 10.9 Å². The van der Waals surface area contributed by atoms with Crippen LogP contribution in [-0.2, 0) is 0 Å². The summed E-state index contributed by atoms with van der Waals surface area (Å²) < 4.78 is 0.499. The van der Waals surface area contributed by atoms with Crippen molar-refractivity contribution in [3.05, 3.63) is 25.7 Å². The molecule has 0 aliphatic rings. The van der Waals surface area contributed by atoms with E-state index >= 15 is 0 Å². The van der Waals surface area contributed by atoms with Gasteiger partial charge in [0.15, 0.2) is 5.75 Å². The summed E-state index contributed by atoms with van der Waals surface area (Å²) in [6.07, 6.45) is 0. The van der Waals surface area contributed by atoms with E-state index in [0.717, 1.165) is 0 Å². The van der Waals surface area contributed by atoms with E-state index in [2.05, 4.69) is 10.3 Å². The van der Waals surface area contributed by atoms with Crippen molar-refractivity contribution < 1.29 is 9.90 Å². The molecule has 0 fully saturated rings. The zero-order valence-corrected chi connectivity index (χ0v) is 8.88. The van der Waals surface area contributed by atoms with Gasteiger partial charge in [-0.2, -0.15) is 0 Å². The van der Waals surface area contributed by atoms with Crippen LogP contribution in [0, 0.1) is 3.70 Å². The van der Waals surface area contributed by atoms with Gasteiger partial charge in [-0.3, -0.25) is 9.59 Å². The summed E-state index contributed by atoms with van der Waals surface area (Å²) in [5, 5.41) is 11.5. The van der Waals surface area contributed by atoms with Gasteiger partial charge in [0.25, 0.3) is 11.5 Å². The molecule has 0 atom stereocenters. The first kappa shape index (κ1) is 10.0. The summed E-state index contributed by atoms with van der Waals surface area (Å²) >= 11 is 1.85. The van der Waals surface area contributed by atoms with Crippen molar-refractivity contribution in [2.24, 2.45) is 0 Å². The Balaban J connectivity index is 3.37. The summed E-state index contributed by atoms with van der Waals surface area (Å²) in [4.78, 5) is 24.5. The van der Waals surface area contributed by atoms with E-state index < -0.39 is 17.2 Å². The van der Waals surface area contributed by atoms with E-state index in [0.29, 0.717) is 3.70 Å². The number of carbonyl (C=O) groups excluding carboxylic acids is 1. The minimum atomic E-state index is -0.662. The van der Waals surface area contributed by atoms with Gasteiger partial charge >= 0.3 is 0 Å². The van der Waals surface area contributed by atoms with Crippen LogP contribution in [0.3, 0.4) is 0 Å². The van der Waals surface area contributed by atoms with Crippen molar-refractivity contribution in [3.63, 3.8) is 0 Å². The molecular formula is C7H7IN2O3. The summed E-state index contributed by atoms with van der Waals surface area (Å²) in [5.41, 5.74) is -0.679. The zero-order chi connectivity index (χ0) is 10.0. The van der Waals surface area contributed by atoms with E-state index in [9.17, 15) is 14.7 Å². The molecule has 0 bridgehead atoms. The van der Waals surface area contributed by atoms with Gasteiger partial charge in [0.1, 0.15) is 0 Å². The molecule has 1 amide bonds. The van der Waals surface area contributed by atoms with E-state index in [4.69, 9.17) is 0 Å². The molecule has 0 saturated heterocycles. The van der Waals surface area contributed by atoms with Crippen LogP contribution in [0.1, 0.15) is 10.4 Å².